The molecule has 0 aromatic heterocycles. The van der Waals surface area contributed by atoms with E-state index in [1.54, 1.807) is 42.5 Å². The van der Waals surface area contributed by atoms with Crippen LogP contribution in [0.5, 0.6) is 5.75 Å². The first kappa shape index (κ1) is 18.7. The van der Waals surface area contributed by atoms with E-state index in [0.29, 0.717) is 17.8 Å². The number of nitrogens with zero attached hydrogens (tertiary/aromatic N) is 1. The summed E-state index contributed by atoms with van der Waals surface area (Å²) in [6.07, 6.45) is 3.02. The number of fused-ring (bicyclic) bond motifs is 1. The van der Waals surface area contributed by atoms with Crippen molar-refractivity contribution in [3.05, 3.63) is 89.5 Å². The van der Waals surface area contributed by atoms with Crippen LogP contribution in [0.3, 0.4) is 0 Å². The van der Waals surface area contributed by atoms with Gasteiger partial charge in [-0.05, 0) is 67.3 Å². The maximum atomic E-state index is 13.1. The maximum absolute atomic E-state index is 13.1. The van der Waals surface area contributed by atoms with E-state index >= 15 is 0 Å². The highest BCUT2D eigenvalue weighted by atomic mass is 16.3. The van der Waals surface area contributed by atoms with Gasteiger partial charge in [-0.3, -0.25) is 9.59 Å². The zero-order valence-corrected chi connectivity index (χ0v) is 16.0. The summed E-state index contributed by atoms with van der Waals surface area (Å²) in [5, 5.41) is 12.6. The molecule has 0 atom stereocenters. The Kier molecular flexibility index (Phi) is 5.29. The monoisotopic (exact) mass is 386 g/mol. The van der Waals surface area contributed by atoms with Crippen molar-refractivity contribution in [3.8, 4) is 5.75 Å². The summed E-state index contributed by atoms with van der Waals surface area (Å²) in [5.74, 6) is -0.516. The van der Waals surface area contributed by atoms with Gasteiger partial charge in [0.2, 0.25) is 0 Å². The van der Waals surface area contributed by atoms with Crippen LogP contribution < -0.4 is 10.2 Å². The standard InChI is InChI=1S/C24H22N2O3/c27-22-11-4-2-9-20(22)23(28)25-19-14-12-18(13-15-19)24(29)26-16-6-5-8-17-7-1-3-10-21(17)26/h1-4,7,9-15,27H,5-6,8,16H2,(H,25,28). The Morgan fingerprint density at radius 2 is 1.59 bits per heavy atom. The molecule has 1 aliphatic rings. The number of amides is 2. The van der Waals surface area contributed by atoms with Crippen LogP contribution in [0.15, 0.2) is 72.8 Å². The van der Waals surface area contributed by atoms with Gasteiger partial charge in [0.25, 0.3) is 11.8 Å². The number of aromatic hydroxyl groups is 1. The third-order valence-corrected chi connectivity index (χ3v) is 5.14. The second-order valence-corrected chi connectivity index (χ2v) is 7.09. The average molecular weight is 386 g/mol. The Morgan fingerprint density at radius 1 is 0.862 bits per heavy atom. The highest BCUT2D eigenvalue weighted by Crippen LogP contribution is 2.28. The summed E-state index contributed by atoms with van der Waals surface area (Å²) in [6, 6.07) is 21.3. The third kappa shape index (κ3) is 3.99. The molecule has 2 amide bonds. The van der Waals surface area contributed by atoms with Gasteiger partial charge >= 0.3 is 0 Å². The van der Waals surface area contributed by atoms with Gasteiger partial charge in [-0.1, -0.05) is 30.3 Å². The molecule has 0 unspecified atom stereocenters. The van der Waals surface area contributed by atoms with Crippen molar-refractivity contribution in [1.29, 1.82) is 0 Å². The van der Waals surface area contributed by atoms with Crippen molar-refractivity contribution < 1.29 is 14.7 Å². The molecule has 0 fully saturated rings. The fourth-order valence-electron chi connectivity index (χ4n) is 3.62. The quantitative estimate of drug-likeness (QED) is 0.690. The Hall–Kier alpha value is -3.60. The van der Waals surface area contributed by atoms with Crippen LogP contribution in [0.4, 0.5) is 11.4 Å². The number of rotatable bonds is 3. The predicted molar refractivity (Wildman–Crippen MR) is 114 cm³/mol. The van der Waals surface area contributed by atoms with Crippen LogP contribution in [-0.2, 0) is 6.42 Å². The molecule has 4 rings (SSSR count). The zero-order chi connectivity index (χ0) is 20.2. The molecule has 1 aliphatic heterocycles. The lowest BCUT2D eigenvalue weighted by Crippen LogP contribution is -2.31. The molecule has 0 bridgehead atoms. The first-order chi connectivity index (χ1) is 14.1. The minimum atomic E-state index is -0.399. The normalized spacial score (nSPS) is 13.3. The third-order valence-electron chi connectivity index (χ3n) is 5.14. The highest BCUT2D eigenvalue weighted by molar-refractivity contribution is 6.08. The number of benzene rings is 3. The van der Waals surface area contributed by atoms with Crippen LogP contribution in [0.1, 0.15) is 39.1 Å². The number of carbonyl (C=O) groups excluding carboxylic acids is 2. The summed E-state index contributed by atoms with van der Waals surface area (Å²) in [6.45, 7) is 0.696. The van der Waals surface area contributed by atoms with Gasteiger partial charge in [0.1, 0.15) is 5.75 Å². The zero-order valence-electron chi connectivity index (χ0n) is 16.0. The van der Waals surface area contributed by atoms with Gasteiger partial charge in [-0.2, -0.15) is 0 Å². The first-order valence-corrected chi connectivity index (χ1v) is 9.72. The van der Waals surface area contributed by atoms with E-state index in [1.807, 2.05) is 23.1 Å². The number of phenolic OH excluding ortho intramolecular Hbond substituents is 1. The number of para-hydroxylation sites is 2. The van der Waals surface area contributed by atoms with Crippen molar-refractivity contribution in [2.45, 2.75) is 19.3 Å². The minimum Gasteiger partial charge on any atom is -0.507 e. The molecule has 2 N–H and O–H groups in total. The molecule has 0 saturated carbocycles. The molecule has 0 saturated heterocycles. The smallest absolute Gasteiger partial charge is 0.259 e. The molecule has 146 valence electrons. The maximum Gasteiger partial charge on any atom is 0.259 e. The molecule has 29 heavy (non-hydrogen) atoms. The van der Waals surface area contributed by atoms with E-state index in [4.69, 9.17) is 0 Å². The van der Waals surface area contributed by atoms with Crippen molar-refractivity contribution in [2.24, 2.45) is 0 Å². The van der Waals surface area contributed by atoms with Crippen molar-refractivity contribution in [1.82, 2.24) is 0 Å². The van der Waals surface area contributed by atoms with E-state index in [2.05, 4.69) is 11.4 Å². The number of hydrogen-bond donors (Lipinski definition) is 2. The van der Waals surface area contributed by atoms with Gasteiger partial charge in [-0.25, -0.2) is 0 Å². The predicted octanol–water partition coefficient (Wildman–Crippen LogP) is 4.63. The lowest BCUT2D eigenvalue weighted by atomic mass is 10.1. The number of anilines is 2. The van der Waals surface area contributed by atoms with Crippen molar-refractivity contribution in [2.75, 3.05) is 16.8 Å². The van der Waals surface area contributed by atoms with Gasteiger partial charge in [0.05, 0.1) is 5.56 Å². The van der Waals surface area contributed by atoms with E-state index in [-0.39, 0.29) is 17.2 Å². The van der Waals surface area contributed by atoms with Crippen LogP contribution in [0.25, 0.3) is 0 Å². The topological polar surface area (TPSA) is 69.6 Å². The Balaban J connectivity index is 1.51. The van der Waals surface area contributed by atoms with Crippen LogP contribution >= 0.6 is 0 Å². The number of hydrogen-bond acceptors (Lipinski definition) is 3. The largest absolute Gasteiger partial charge is 0.507 e. The van der Waals surface area contributed by atoms with Gasteiger partial charge in [0.15, 0.2) is 0 Å². The number of phenols is 1. The van der Waals surface area contributed by atoms with Gasteiger partial charge < -0.3 is 15.3 Å². The average Bonchev–Trinajstić information content (AvgIpc) is 2.96. The van der Waals surface area contributed by atoms with E-state index in [1.165, 1.54) is 11.6 Å². The van der Waals surface area contributed by atoms with Crippen LogP contribution in [-0.4, -0.2) is 23.5 Å². The van der Waals surface area contributed by atoms with Gasteiger partial charge in [-0.15, -0.1) is 0 Å². The molecule has 5 heteroatoms. The molecule has 1 heterocycles. The van der Waals surface area contributed by atoms with E-state index in [9.17, 15) is 14.7 Å². The lowest BCUT2D eigenvalue weighted by Gasteiger charge is -2.23. The first-order valence-electron chi connectivity index (χ1n) is 9.72. The fraction of sp³-hybridized carbons (Fsp3) is 0.167. The lowest BCUT2D eigenvalue weighted by molar-refractivity contribution is 0.0985. The molecular weight excluding hydrogens is 364 g/mol. The second kappa shape index (κ2) is 8.19. The molecule has 0 aliphatic carbocycles. The van der Waals surface area contributed by atoms with Crippen LogP contribution in [0.2, 0.25) is 0 Å². The molecule has 3 aromatic rings. The summed E-state index contributed by atoms with van der Waals surface area (Å²) in [5.41, 5.74) is 3.51. The number of nitrogens with one attached hydrogen (secondary N) is 1. The SMILES string of the molecule is O=C(Nc1ccc(C(=O)N2CCCCc3ccccc32)cc1)c1ccccc1O. The molecule has 3 aromatic carbocycles. The summed E-state index contributed by atoms with van der Waals surface area (Å²) in [4.78, 5) is 27.3. The van der Waals surface area contributed by atoms with Gasteiger partial charge in [0, 0.05) is 23.5 Å². The Bertz CT molecular complexity index is 1040. The number of aryl methyl sites for hydroxylation is 1. The molecular formula is C24H22N2O3. The van der Waals surface area contributed by atoms with Crippen molar-refractivity contribution >= 4 is 23.2 Å². The Morgan fingerprint density at radius 3 is 2.38 bits per heavy atom. The van der Waals surface area contributed by atoms with Crippen molar-refractivity contribution in [3.63, 3.8) is 0 Å². The van der Waals surface area contributed by atoms with Crippen LogP contribution in [0, 0.1) is 0 Å². The molecule has 0 radical (unpaired) electrons. The minimum absolute atomic E-state index is 0.0436. The van der Waals surface area contributed by atoms with E-state index in [0.717, 1.165) is 24.9 Å². The fourth-order valence-corrected chi connectivity index (χ4v) is 3.62. The summed E-state index contributed by atoms with van der Waals surface area (Å²) >= 11 is 0. The Labute approximate surface area is 169 Å². The summed E-state index contributed by atoms with van der Waals surface area (Å²) < 4.78 is 0. The molecule has 5 nitrogen and oxygen atoms in total. The summed E-state index contributed by atoms with van der Waals surface area (Å²) in [7, 11) is 0. The molecule has 0 spiro atoms. The van der Waals surface area contributed by atoms with E-state index < -0.39 is 5.91 Å². The number of carbonyl (C=O) groups is 2. The second-order valence-electron chi connectivity index (χ2n) is 7.09. The highest BCUT2D eigenvalue weighted by Gasteiger charge is 2.22.